The van der Waals surface area contributed by atoms with E-state index in [2.05, 4.69) is 4.98 Å². The van der Waals surface area contributed by atoms with Gasteiger partial charge in [0, 0.05) is 22.7 Å². The van der Waals surface area contributed by atoms with E-state index >= 15 is 0 Å². The van der Waals surface area contributed by atoms with Crippen LogP contribution >= 0.6 is 0 Å². The molecule has 2 aromatic heterocycles. The second-order valence-corrected chi connectivity index (χ2v) is 6.08. The van der Waals surface area contributed by atoms with Gasteiger partial charge in [0.25, 0.3) is 0 Å². The van der Waals surface area contributed by atoms with Gasteiger partial charge in [0.15, 0.2) is 0 Å². The highest BCUT2D eigenvalue weighted by Crippen LogP contribution is 2.36. The lowest BCUT2D eigenvalue weighted by Crippen LogP contribution is -1.99. The van der Waals surface area contributed by atoms with Gasteiger partial charge in [-0.25, -0.2) is 4.98 Å². The number of anilines is 1. The van der Waals surface area contributed by atoms with E-state index in [1.807, 2.05) is 60.7 Å². The number of hydrogen-bond acceptors (Lipinski definition) is 5. The Kier molecular flexibility index (Phi) is 4.34. The summed E-state index contributed by atoms with van der Waals surface area (Å²) in [6, 6.07) is 19.3. The van der Waals surface area contributed by atoms with Crippen LogP contribution in [0.3, 0.4) is 0 Å². The van der Waals surface area contributed by atoms with Crippen LogP contribution in [0.25, 0.3) is 33.4 Å². The van der Waals surface area contributed by atoms with Gasteiger partial charge >= 0.3 is 0 Å². The molecular weight excluding hydrogens is 338 g/mol. The van der Waals surface area contributed by atoms with Gasteiger partial charge in [-0.05, 0) is 60.7 Å². The van der Waals surface area contributed by atoms with Gasteiger partial charge in [-0.2, -0.15) is 0 Å². The van der Waals surface area contributed by atoms with Crippen LogP contribution in [0.5, 0.6) is 11.5 Å². The molecule has 0 radical (unpaired) electrons. The van der Waals surface area contributed by atoms with Crippen LogP contribution in [0.1, 0.15) is 0 Å². The minimum atomic E-state index is 0.612. The molecule has 2 heterocycles. The van der Waals surface area contributed by atoms with Crippen molar-refractivity contribution in [1.82, 2.24) is 9.97 Å². The summed E-state index contributed by atoms with van der Waals surface area (Å²) in [5.74, 6) is 1.58. The van der Waals surface area contributed by atoms with Crippen molar-refractivity contribution in [2.75, 3.05) is 20.0 Å². The Morgan fingerprint density at radius 1 is 0.741 bits per heavy atom. The van der Waals surface area contributed by atoms with E-state index in [4.69, 9.17) is 20.2 Å². The minimum Gasteiger partial charge on any atom is -0.497 e. The minimum absolute atomic E-state index is 0.612. The predicted molar refractivity (Wildman–Crippen MR) is 108 cm³/mol. The average molecular weight is 357 g/mol. The quantitative estimate of drug-likeness (QED) is 0.580. The fourth-order valence-electron chi connectivity index (χ4n) is 3.08. The second-order valence-electron chi connectivity index (χ2n) is 6.08. The Balaban J connectivity index is 1.95. The Hall–Kier alpha value is -3.60. The van der Waals surface area contributed by atoms with Crippen LogP contribution in [-0.2, 0) is 0 Å². The molecule has 0 unspecified atom stereocenters. The molecule has 2 aromatic carbocycles. The van der Waals surface area contributed by atoms with E-state index in [0.717, 1.165) is 44.9 Å². The van der Waals surface area contributed by atoms with Gasteiger partial charge in [0.05, 0.1) is 36.8 Å². The SMILES string of the molecule is COc1ccc(-c2nc(-c3ccc(OC)cc3)c3ncccc3c2N)cc1. The first kappa shape index (κ1) is 16.8. The number of pyridine rings is 2. The van der Waals surface area contributed by atoms with E-state index < -0.39 is 0 Å². The lowest BCUT2D eigenvalue weighted by atomic mass is 10.0. The molecule has 0 amide bonds. The summed E-state index contributed by atoms with van der Waals surface area (Å²) in [7, 11) is 3.29. The first-order valence-electron chi connectivity index (χ1n) is 8.54. The smallest absolute Gasteiger partial charge is 0.118 e. The zero-order valence-corrected chi connectivity index (χ0v) is 15.1. The number of ether oxygens (including phenoxy) is 2. The molecule has 5 nitrogen and oxygen atoms in total. The molecule has 0 atom stereocenters. The normalized spacial score (nSPS) is 10.7. The van der Waals surface area contributed by atoms with E-state index in [9.17, 15) is 0 Å². The summed E-state index contributed by atoms with van der Waals surface area (Å²) >= 11 is 0. The molecule has 0 aliphatic rings. The van der Waals surface area contributed by atoms with Crippen LogP contribution in [0, 0.1) is 0 Å². The summed E-state index contributed by atoms with van der Waals surface area (Å²) in [5.41, 5.74) is 11.2. The third-order valence-corrected chi connectivity index (χ3v) is 4.53. The molecule has 27 heavy (non-hydrogen) atoms. The third kappa shape index (κ3) is 3.04. The van der Waals surface area contributed by atoms with Gasteiger partial charge < -0.3 is 15.2 Å². The van der Waals surface area contributed by atoms with Crippen molar-refractivity contribution < 1.29 is 9.47 Å². The summed E-state index contributed by atoms with van der Waals surface area (Å²) in [6.45, 7) is 0. The summed E-state index contributed by atoms with van der Waals surface area (Å²) in [4.78, 5) is 9.41. The molecule has 0 aliphatic heterocycles. The first-order chi connectivity index (χ1) is 13.2. The van der Waals surface area contributed by atoms with E-state index in [0.29, 0.717) is 5.69 Å². The number of rotatable bonds is 4. The van der Waals surface area contributed by atoms with Crippen LogP contribution < -0.4 is 15.2 Å². The molecule has 5 heteroatoms. The van der Waals surface area contributed by atoms with Gasteiger partial charge in [-0.15, -0.1) is 0 Å². The molecular formula is C22H19N3O2. The number of hydrogen-bond donors (Lipinski definition) is 1. The van der Waals surface area contributed by atoms with Crippen molar-refractivity contribution >= 4 is 16.6 Å². The van der Waals surface area contributed by atoms with Crippen molar-refractivity contribution in [1.29, 1.82) is 0 Å². The molecule has 0 spiro atoms. The van der Waals surface area contributed by atoms with Crippen molar-refractivity contribution in [2.45, 2.75) is 0 Å². The maximum Gasteiger partial charge on any atom is 0.118 e. The number of nitrogen functional groups attached to an aromatic ring is 1. The molecule has 134 valence electrons. The number of nitrogens with two attached hydrogens (primary N) is 1. The molecule has 4 aromatic rings. The van der Waals surface area contributed by atoms with Crippen molar-refractivity contribution in [3.63, 3.8) is 0 Å². The third-order valence-electron chi connectivity index (χ3n) is 4.53. The Morgan fingerprint density at radius 3 is 1.85 bits per heavy atom. The number of fused-ring (bicyclic) bond motifs is 1. The molecule has 0 saturated heterocycles. The van der Waals surface area contributed by atoms with Crippen LogP contribution in [0.15, 0.2) is 66.9 Å². The summed E-state index contributed by atoms with van der Waals surface area (Å²) < 4.78 is 10.5. The monoisotopic (exact) mass is 357 g/mol. The molecule has 2 N–H and O–H groups in total. The molecule has 0 bridgehead atoms. The second kappa shape index (κ2) is 6.96. The highest BCUT2D eigenvalue weighted by molar-refractivity contribution is 6.03. The Bertz CT molecular complexity index is 1090. The topological polar surface area (TPSA) is 70.3 Å². The average Bonchev–Trinajstić information content (AvgIpc) is 2.74. The lowest BCUT2D eigenvalue weighted by molar-refractivity contribution is 0.415. The molecule has 0 fully saturated rings. The molecule has 4 rings (SSSR count). The highest BCUT2D eigenvalue weighted by atomic mass is 16.5. The predicted octanol–water partition coefficient (Wildman–Crippen LogP) is 4.56. The van der Waals surface area contributed by atoms with E-state index in [-0.39, 0.29) is 0 Å². The van der Waals surface area contributed by atoms with Crippen LogP contribution in [0.4, 0.5) is 5.69 Å². The largest absolute Gasteiger partial charge is 0.497 e. The maximum atomic E-state index is 6.46. The van der Waals surface area contributed by atoms with E-state index in [1.54, 1.807) is 20.4 Å². The van der Waals surface area contributed by atoms with Crippen molar-refractivity contribution in [3.8, 4) is 34.0 Å². The fraction of sp³-hybridized carbons (Fsp3) is 0.0909. The summed E-state index contributed by atoms with van der Waals surface area (Å²) in [5, 5.41) is 0.879. The number of aromatic nitrogens is 2. The molecule has 0 saturated carbocycles. The Morgan fingerprint density at radius 2 is 1.30 bits per heavy atom. The lowest BCUT2D eigenvalue weighted by Gasteiger charge is -2.13. The standard InChI is InChI=1S/C22H19N3O2/c1-26-16-9-5-14(6-10-16)20-19(23)18-4-3-13-24-22(18)21(25-20)15-7-11-17(27-2)12-8-15/h3-13H,23H2,1-2H3. The zero-order chi connectivity index (χ0) is 18.8. The molecule has 0 aliphatic carbocycles. The van der Waals surface area contributed by atoms with E-state index in [1.165, 1.54) is 0 Å². The van der Waals surface area contributed by atoms with Gasteiger partial charge in [0.2, 0.25) is 0 Å². The highest BCUT2D eigenvalue weighted by Gasteiger charge is 2.15. The number of nitrogens with zero attached hydrogens (tertiary/aromatic N) is 2. The number of methoxy groups -OCH3 is 2. The van der Waals surface area contributed by atoms with Gasteiger partial charge in [-0.1, -0.05) is 0 Å². The summed E-state index contributed by atoms with van der Waals surface area (Å²) in [6.07, 6.45) is 1.75. The first-order valence-corrected chi connectivity index (χ1v) is 8.54. The van der Waals surface area contributed by atoms with Crippen LogP contribution in [0.2, 0.25) is 0 Å². The van der Waals surface area contributed by atoms with Crippen molar-refractivity contribution in [3.05, 3.63) is 66.9 Å². The van der Waals surface area contributed by atoms with Crippen molar-refractivity contribution in [2.24, 2.45) is 0 Å². The zero-order valence-electron chi connectivity index (χ0n) is 15.1. The number of benzene rings is 2. The maximum absolute atomic E-state index is 6.46. The van der Waals surface area contributed by atoms with Gasteiger partial charge in [0.1, 0.15) is 11.5 Å². The van der Waals surface area contributed by atoms with Crippen LogP contribution in [-0.4, -0.2) is 24.2 Å². The van der Waals surface area contributed by atoms with Gasteiger partial charge in [-0.3, -0.25) is 4.98 Å². The fourth-order valence-corrected chi connectivity index (χ4v) is 3.08. The Labute approximate surface area is 157 Å².